The van der Waals surface area contributed by atoms with E-state index in [1.165, 1.54) is 0 Å². The van der Waals surface area contributed by atoms with Crippen LogP contribution in [-0.4, -0.2) is 53.0 Å². The molecule has 0 aliphatic rings. The Labute approximate surface area is 126 Å². The van der Waals surface area contributed by atoms with E-state index >= 15 is 0 Å². The molecular weight excluding hydrogens is 270 g/mol. The summed E-state index contributed by atoms with van der Waals surface area (Å²) < 4.78 is 10.4. The number of nitrogens with two attached hydrogens (primary N) is 1. The third kappa shape index (κ3) is 4.61. The average Bonchev–Trinajstić information content (AvgIpc) is 2.48. The Morgan fingerprint density at radius 1 is 1.38 bits per heavy atom. The van der Waals surface area contributed by atoms with Crippen LogP contribution >= 0.6 is 0 Å². The highest BCUT2D eigenvalue weighted by molar-refractivity contribution is 5.96. The number of ether oxygens (including phenoxy) is 2. The van der Waals surface area contributed by atoms with E-state index in [1.807, 2.05) is 6.07 Å². The molecule has 0 spiro atoms. The van der Waals surface area contributed by atoms with Gasteiger partial charge in [0.15, 0.2) is 0 Å². The highest BCUT2D eigenvalue weighted by atomic mass is 16.5. The summed E-state index contributed by atoms with van der Waals surface area (Å²) in [6.07, 6.45) is 0. The molecule has 0 aromatic heterocycles. The number of hydrogen-bond acceptors (Lipinski definition) is 5. The molecule has 21 heavy (non-hydrogen) atoms. The van der Waals surface area contributed by atoms with Crippen molar-refractivity contribution in [1.82, 2.24) is 5.32 Å². The molecule has 6 nitrogen and oxygen atoms in total. The Hall–Kier alpha value is -1.79. The molecule has 0 saturated heterocycles. The smallest absolute Gasteiger partial charge is 0.251 e. The minimum absolute atomic E-state index is 0.151. The molecule has 3 N–H and O–H groups in total. The summed E-state index contributed by atoms with van der Waals surface area (Å²) >= 11 is 0. The van der Waals surface area contributed by atoms with Gasteiger partial charge in [-0.2, -0.15) is 0 Å². The molecule has 1 atom stereocenters. The van der Waals surface area contributed by atoms with Crippen molar-refractivity contribution in [3.05, 3.63) is 23.8 Å². The summed E-state index contributed by atoms with van der Waals surface area (Å²) in [5.74, 6) is -0.151. The molecule has 1 aromatic carbocycles. The van der Waals surface area contributed by atoms with Gasteiger partial charge in [-0.15, -0.1) is 0 Å². The second-order valence-corrected chi connectivity index (χ2v) is 4.84. The lowest BCUT2D eigenvalue weighted by molar-refractivity contribution is 0.0963. The number of anilines is 2. The summed E-state index contributed by atoms with van der Waals surface area (Å²) in [6, 6.07) is 5.47. The van der Waals surface area contributed by atoms with Gasteiger partial charge in [-0.25, -0.2) is 0 Å². The van der Waals surface area contributed by atoms with Crippen LogP contribution in [0.3, 0.4) is 0 Å². The van der Waals surface area contributed by atoms with Crippen molar-refractivity contribution in [2.45, 2.75) is 13.0 Å². The first-order valence-corrected chi connectivity index (χ1v) is 6.91. The van der Waals surface area contributed by atoms with Crippen LogP contribution in [0.4, 0.5) is 11.4 Å². The molecule has 0 heterocycles. The van der Waals surface area contributed by atoms with Gasteiger partial charge in [0.1, 0.15) is 0 Å². The van der Waals surface area contributed by atoms with Crippen LogP contribution in [0, 0.1) is 0 Å². The molecule has 1 amide bonds. The number of nitrogen functional groups attached to an aromatic ring is 1. The quantitative estimate of drug-likeness (QED) is 0.703. The molecule has 0 aliphatic heterocycles. The minimum Gasteiger partial charge on any atom is -0.397 e. The number of carbonyl (C=O) groups excluding carboxylic acids is 1. The zero-order valence-electron chi connectivity index (χ0n) is 13.2. The number of carbonyl (C=O) groups is 1. The van der Waals surface area contributed by atoms with Crippen molar-refractivity contribution in [3.63, 3.8) is 0 Å². The zero-order chi connectivity index (χ0) is 15.8. The average molecular weight is 295 g/mol. The summed E-state index contributed by atoms with van der Waals surface area (Å²) in [5, 5.41) is 2.59. The van der Waals surface area contributed by atoms with Crippen molar-refractivity contribution in [1.29, 1.82) is 0 Å². The van der Waals surface area contributed by atoms with Gasteiger partial charge in [-0.3, -0.25) is 4.79 Å². The standard InChI is InChI=1S/C15H25N3O3/c1-11(10-21-4)18(7-8-20-3)14-6-5-12(9-13(14)16)15(19)17-2/h5-6,9,11H,7-8,10,16H2,1-4H3,(H,17,19). The Morgan fingerprint density at radius 3 is 2.62 bits per heavy atom. The lowest BCUT2D eigenvalue weighted by Gasteiger charge is -2.32. The van der Waals surface area contributed by atoms with E-state index in [2.05, 4.69) is 17.1 Å². The second kappa shape index (κ2) is 8.49. The number of nitrogens with one attached hydrogen (secondary N) is 1. The van der Waals surface area contributed by atoms with E-state index < -0.39 is 0 Å². The normalized spacial score (nSPS) is 12.0. The van der Waals surface area contributed by atoms with Gasteiger partial charge in [0.25, 0.3) is 5.91 Å². The molecule has 0 radical (unpaired) electrons. The second-order valence-electron chi connectivity index (χ2n) is 4.84. The molecule has 1 aromatic rings. The van der Waals surface area contributed by atoms with Crippen molar-refractivity contribution in [2.75, 3.05) is 51.7 Å². The maximum absolute atomic E-state index is 11.6. The number of methoxy groups -OCH3 is 2. The highest BCUT2D eigenvalue weighted by Crippen LogP contribution is 2.26. The molecule has 1 unspecified atom stereocenters. The fraction of sp³-hybridized carbons (Fsp3) is 0.533. The number of nitrogens with zero attached hydrogens (tertiary/aromatic N) is 1. The lowest BCUT2D eigenvalue weighted by atomic mass is 10.1. The Morgan fingerprint density at radius 2 is 2.10 bits per heavy atom. The van der Waals surface area contributed by atoms with E-state index in [1.54, 1.807) is 33.4 Å². The molecule has 0 aliphatic carbocycles. The predicted octanol–water partition coefficient (Wildman–Crippen LogP) is 1.12. The van der Waals surface area contributed by atoms with Crippen molar-refractivity contribution < 1.29 is 14.3 Å². The third-order valence-corrected chi connectivity index (χ3v) is 3.30. The number of amides is 1. The Balaban J connectivity index is 3.03. The van der Waals surface area contributed by atoms with Crippen LogP contribution in [0.5, 0.6) is 0 Å². The van der Waals surface area contributed by atoms with Gasteiger partial charge in [0.2, 0.25) is 0 Å². The summed E-state index contributed by atoms with van der Waals surface area (Å²) in [5.41, 5.74) is 8.11. The first-order valence-electron chi connectivity index (χ1n) is 6.91. The molecule has 0 bridgehead atoms. The van der Waals surface area contributed by atoms with Crippen LogP contribution in [0.1, 0.15) is 17.3 Å². The fourth-order valence-electron chi connectivity index (χ4n) is 2.20. The molecular formula is C15H25N3O3. The molecule has 0 fully saturated rings. The molecule has 1 rings (SSSR count). The van der Waals surface area contributed by atoms with E-state index in [0.717, 1.165) is 5.69 Å². The summed E-state index contributed by atoms with van der Waals surface area (Å²) in [4.78, 5) is 13.8. The SMILES string of the molecule is CNC(=O)c1ccc(N(CCOC)C(C)COC)c(N)c1. The molecule has 0 saturated carbocycles. The monoisotopic (exact) mass is 295 g/mol. The van der Waals surface area contributed by atoms with Gasteiger partial charge in [0.05, 0.1) is 24.6 Å². The molecule has 6 heteroatoms. The van der Waals surface area contributed by atoms with Gasteiger partial charge in [0, 0.05) is 39.4 Å². The van der Waals surface area contributed by atoms with Gasteiger partial charge in [-0.1, -0.05) is 0 Å². The Bertz CT molecular complexity index is 465. The minimum atomic E-state index is -0.151. The summed E-state index contributed by atoms with van der Waals surface area (Å²) in [7, 11) is 4.93. The number of benzene rings is 1. The van der Waals surface area contributed by atoms with Crippen molar-refractivity contribution >= 4 is 17.3 Å². The van der Waals surface area contributed by atoms with E-state index in [9.17, 15) is 4.79 Å². The van der Waals surface area contributed by atoms with Gasteiger partial charge < -0.3 is 25.4 Å². The van der Waals surface area contributed by atoms with E-state index in [-0.39, 0.29) is 11.9 Å². The third-order valence-electron chi connectivity index (χ3n) is 3.30. The topological polar surface area (TPSA) is 76.8 Å². The predicted molar refractivity (Wildman–Crippen MR) is 84.8 cm³/mol. The fourth-order valence-corrected chi connectivity index (χ4v) is 2.20. The first kappa shape index (κ1) is 17.3. The van der Waals surface area contributed by atoms with Crippen LogP contribution in [-0.2, 0) is 9.47 Å². The van der Waals surface area contributed by atoms with Gasteiger partial charge in [-0.05, 0) is 25.1 Å². The van der Waals surface area contributed by atoms with E-state index in [0.29, 0.717) is 31.0 Å². The maximum Gasteiger partial charge on any atom is 0.251 e. The van der Waals surface area contributed by atoms with Crippen LogP contribution in [0.2, 0.25) is 0 Å². The number of rotatable bonds is 8. The molecule has 118 valence electrons. The van der Waals surface area contributed by atoms with Gasteiger partial charge >= 0.3 is 0 Å². The highest BCUT2D eigenvalue weighted by Gasteiger charge is 2.17. The zero-order valence-corrected chi connectivity index (χ0v) is 13.2. The Kier molecular flexibility index (Phi) is 6.98. The maximum atomic E-state index is 11.6. The van der Waals surface area contributed by atoms with E-state index in [4.69, 9.17) is 15.2 Å². The summed E-state index contributed by atoms with van der Waals surface area (Å²) in [6.45, 7) is 3.93. The van der Waals surface area contributed by atoms with Crippen LogP contribution in [0.25, 0.3) is 0 Å². The van der Waals surface area contributed by atoms with Crippen molar-refractivity contribution in [3.8, 4) is 0 Å². The van der Waals surface area contributed by atoms with Crippen molar-refractivity contribution in [2.24, 2.45) is 0 Å². The number of hydrogen-bond donors (Lipinski definition) is 2. The largest absolute Gasteiger partial charge is 0.397 e. The first-order chi connectivity index (χ1) is 10.0. The lowest BCUT2D eigenvalue weighted by Crippen LogP contribution is -2.39. The van der Waals surface area contributed by atoms with Crippen LogP contribution < -0.4 is 16.0 Å². The van der Waals surface area contributed by atoms with Crippen LogP contribution in [0.15, 0.2) is 18.2 Å².